The summed E-state index contributed by atoms with van der Waals surface area (Å²) in [5.41, 5.74) is 3.16. The van der Waals surface area contributed by atoms with Crippen LogP contribution in [0.3, 0.4) is 0 Å². The molecule has 1 heterocycles. The van der Waals surface area contributed by atoms with Gasteiger partial charge in [-0.25, -0.2) is 0 Å². The van der Waals surface area contributed by atoms with Crippen LogP contribution in [0.4, 0.5) is 0 Å². The van der Waals surface area contributed by atoms with Crippen molar-refractivity contribution in [3.8, 4) is 0 Å². The van der Waals surface area contributed by atoms with E-state index in [1.165, 1.54) is 19.4 Å². The zero-order chi connectivity index (χ0) is 7.97. The lowest BCUT2D eigenvalue weighted by atomic mass is 9.97. The molecular formula is C11H13N. The Morgan fingerprint density at radius 3 is 2.92 bits per heavy atom. The Hall–Kier alpha value is -0.820. The van der Waals surface area contributed by atoms with Crippen LogP contribution in [0, 0.1) is 0 Å². The van der Waals surface area contributed by atoms with Crippen molar-refractivity contribution in [2.75, 3.05) is 6.54 Å². The second-order valence-electron chi connectivity index (χ2n) is 3.86. The fraction of sp³-hybridized carbons (Fsp3) is 0.455. The Morgan fingerprint density at radius 2 is 2.00 bits per heavy atom. The van der Waals surface area contributed by atoms with Gasteiger partial charge in [0.2, 0.25) is 0 Å². The van der Waals surface area contributed by atoms with Gasteiger partial charge in [-0.2, -0.15) is 0 Å². The van der Waals surface area contributed by atoms with Crippen LogP contribution in [-0.2, 0) is 0 Å². The van der Waals surface area contributed by atoms with E-state index in [0.717, 1.165) is 5.92 Å². The van der Waals surface area contributed by atoms with E-state index in [9.17, 15) is 0 Å². The molecule has 1 N–H and O–H groups in total. The van der Waals surface area contributed by atoms with Crippen molar-refractivity contribution in [1.82, 2.24) is 5.32 Å². The average Bonchev–Trinajstić information content (AvgIpc) is 2.41. The minimum atomic E-state index is 0.667. The van der Waals surface area contributed by atoms with Gasteiger partial charge in [0.1, 0.15) is 0 Å². The Labute approximate surface area is 72.8 Å². The van der Waals surface area contributed by atoms with E-state index in [0.29, 0.717) is 6.04 Å². The van der Waals surface area contributed by atoms with E-state index in [1.807, 2.05) is 0 Å². The highest BCUT2D eigenvalue weighted by atomic mass is 14.9. The molecule has 0 saturated carbocycles. The van der Waals surface area contributed by atoms with Crippen LogP contribution in [0.15, 0.2) is 24.3 Å². The van der Waals surface area contributed by atoms with Gasteiger partial charge in [0.05, 0.1) is 0 Å². The number of rotatable bonds is 0. The lowest BCUT2D eigenvalue weighted by Crippen LogP contribution is -2.24. The highest BCUT2D eigenvalue weighted by Gasteiger charge is 2.32. The molecule has 0 amide bonds. The molecule has 1 aliphatic carbocycles. The number of benzene rings is 1. The summed E-state index contributed by atoms with van der Waals surface area (Å²) < 4.78 is 0. The number of hydrogen-bond donors (Lipinski definition) is 1. The minimum absolute atomic E-state index is 0.667. The molecule has 1 aromatic carbocycles. The second-order valence-corrected chi connectivity index (χ2v) is 3.86. The standard InChI is InChI=1S/C11H13N/c1-2-4-10-9(3-1)8-5-6-12-11(10)7-8/h1-4,8,11-12H,5-7H2. The lowest BCUT2D eigenvalue weighted by Gasteiger charge is -2.20. The number of nitrogens with one attached hydrogen (secondary N) is 1. The maximum Gasteiger partial charge on any atom is 0.0328 e. The SMILES string of the molecule is c1ccc2c(c1)C1CCNC2C1. The summed E-state index contributed by atoms with van der Waals surface area (Å²) in [4.78, 5) is 0. The fourth-order valence-corrected chi connectivity index (χ4v) is 2.64. The predicted molar refractivity (Wildman–Crippen MR) is 49.2 cm³/mol. The molecule has 12 heavy (non-hydrogen) atoms. The summed E-state index contributed by atoms with van der Waals surface area (Å²) in [6.07, 6.45) is 2.66. The molecule has 1 aliphatic heterocycles. The van der Waals surface area contributed by atoms with Crippen molar-refractivity contribution in [2.45, 2.75) is 24.8 Å². The van der Waals surface area contributed by atoms with Gasteiger partial charge < -0.3 is 5.32 Å². The molecule has 62 valence electrons. The maximum absolute atomic E-state index is 3.57. The summed E-state index contributed by atoms with van der Waals surface area (Å²) in [6.45, 7) is 1.20. The predicted octanol–water partition coefficient (Wildman–Crippen LogP) is 2.21. The van der Waals surface area contributed by atoms with E-state index in [4.69, 9.17) is 0 Å². The Kier molecular flexibility index (Phi) is 1.30. The van der Waals surface area contributed by atoms with E-state index in [1.54, 1.807) is 11.1 Å². The topological polar surface area (TPSA) is 12.0 Å². The van der Waals surface area contributed by atoms with Crippen LogP contribution in [0.2, 0.25) is 0 Å². The molecular weight excluding hydrogens is 146 g/mol. The van der Waals surface area contributed by atoms with E-state index >= 15 is 0 Å². The largest absolute Gasteiger partial charge is 0.310 e. The summed E-state index contributed by atoms with van der Waals surface area (Å²) in [5, 5.41) is 3.57. The zero-order valence-corrected chi connectivity index (χ0v) is 7.09. The maximum atomic E-state index is 3.57. The molecule has 3 rings (SSSR count). The fourth-order valence-electron chi connectivity index (χ4n) is 2.64. The van der Waals surface area contributed by atoms with Crippen molar-refractivity contribution < 1.29 is 0 Å². The first-order valence-electron chi connectivity index (χ1n) is 4.77. The first kappa shape index (κ1) is 6.67. The first-order valence-corrected chi connectivity index (χ1v) is 4.77. The quantitative estimate of drug-likeness (QED) is 0.612. The molecule has 0 spiro atoms. The summed E-state index contributed by atoms with van der Waals surface area (Å²) >= 11 is 0. The Bertz CT molecular complexity index is 277. The number of fused-ring (bicyclic) bond motifs is 5. The minimum Gasteiger partial charge on any atom is -0.310 e. The molecule has 2 bridgehead atoms. The molecule has 2 atom stereocenters. The van der Waals surface area contributed by atoms with Gasteiger partial charge >= 0.3 is 0 Å². The van der Waals surface area contributed by atoms with Gasteiger partial charge in [0, 0.05) is 6.04 Å². The smallest absolute Gasteiger partial charge is 0.0328 e. The monoisotopic (exact) mass is 159 g/mol. The molecule has 2 aliphatic rings. The van der Waals surface area contributed by atoms with Gasteiger partial charge in [-0.15, -0.1) is 0 Å². The van der Waals surface area contributed by atoms with Gasteiger partial charge in [-0.05, 0) is 36.4 Å². The zero-order valence-electron chi connectivity index (χ0n) is 7.09. The van der Waals surface area contributed by atoms with Gasteiger partial charge in [-0.1, -0.05) is 24.3 Å². The van der Waals surface area contributed by atoms with Crippen LogP contribution in [0.25, 0.3) is 0 Å². The third-order valence-corrected chi connectivity index (χ3v) is 3.22. The highest BCUT2D eigenvalue weighted by Crippen LogP contribution is 2.44. The molecule has 1 nitrogen and oxygen atoms in total. The molecule has 2 unspecified atom stereocenters. The van der Waals surface area contributed by atoms with Crippen LogP contribution < -0.4 is 5.32 Å². The third-order valence-electron chi connectivity index (χ3n) is 3.22. The van der Waals surface area contributed by atoms with Crippen LogP contribution >= 0.6 is 0 Å². The Morgan fingerprint density at radius 1 is 1.17 bits per heavy atom. The van der Waals surface area contributed by atoms with Crippen molar-refractivity contribution >= 4 is 0 Å². The lowest BCUT2D eigenvalue weighted by molar-refractivity contribution is 0.410. The number of piperidine rings is 1. The molecule has 0 aromatic heterocycles. The Balaban J connectivity index is 2.16. The summed E-state index contributed by atoms with van der Waals surface area (Å²) in [7, 11) is 0. The molecule has 0 radical (unpaired) electrons. The van der Waals surface area contributed by atoms with Crippen LogP contribution in [-0.4, -0.2) is 6.54 Å². The van der Waals surface area contributed by atoms with Crippen molar-refractivity contribution in [3.05, 3.63) is 35.4 Å². The van der Waals surface area contributed by atoms with Crippen molar-refractivity contribution in [2.24, 2.45) is 0 Å². The van der Waals surface area contributed by atoms with Gasteiger partial charge in [0.25, 0.3) is 0 Å². The average molecular weight is 159 g/mol. The molecule has 1 fully saturated rings. The summed E-state index contributed by atoms with van der Waals surface area (Å²) in [6, 6.07) is 9.56. The van der Waals surface area contributed by atoms with Crippen molar-refractivity contribution in [3.63, 3.8) is 0 Å². The summed E-state index contributed by atoms with van der Waals surface area (Å²) in [5.74, 6) is 0.854. The van der Waals surface area contributed by atoms with Gasteiger partial charge in [-0.3, -0.25) is 0 Å². The first-order chi connectivity index (χ1) is 5.95. The third kappa shape index (κ3) is 0.774. The van der Waals surface area contributed by atoms with Crippen LogP contribution in [0.5, 0.6) is 0 Å². The number of hydrogen-bond acceptors (Lipinski definition) is 1. The van der Waals surface area contributed by atoms with Crippen molar-refractivity contribution in [1.29, 1.82) is 0 Å². The van der Waals surface area contributed by atoms with E-state index < -0.39 is 0 Å². The van der Waals surface area contributed by atoms with E-state index in [2.05, 4.69) is 29.6 Å². The normalized spacial score (nSPS) is 31.7. The highest BCUT2D eigenvalue weighted by molar-refractivity contribution is 5.38. The molecule has 1 saturated heterocycles. The van der Waals surface area contributed by atoms with Gasteiger partial charge in [0.15, 0.2) is 0 Å². The molecule has 1 aromatic rings. The van der Waals surface area contributed by atoms with E-state index in [-0.39, 0.29) is 0 Å². The second kappa shape index (κ2) is 2.33. The molecule has 1 heteroatoms. The van der Waals surface area contributed by atoms with Crippen LogP contribution in [0.1, 0.15) is 35.9 Å².